The molecular formula is C22H14F2N6OS3. The fourth-order valence-electron chi connectivity index (χ4n) is 3.14. The van der Waals surface area contributed by atoms with E-state index in [9.17, 15) is 13.6 Å². The second-order valence-electron chi connectivity index (χ2n) is 6.81. The van der Waals surface area contributed by atoms with Crippen molar-refractivity contribution in [2.75, 3.05) is 5.32 Å². The number of fused-ring (bicyclic) bond motifs is 1. The Bertz CT molecular complexity index is 1460. The number of tetrazole rings is 1. The Hall–Kier alpha value is -3.48. The van der Waals surface area contributed by atoms with Gasteiger partial charge < -0.3 is 0 Å². The van der Waals surface area contributed by atoms with Crippen LogP contribution in [-0.2, 0) is 4.79 Å². The number of amides is 1. The predicted molar refractivity (Wildman–Crippen MR) is 132 cm³/mol. The number of carbonyl (C=O) groups is 1. The zero-order valence-corrected chi connectivity index (χ0v) is 19.6. The van der Waals surface area contributed by atoms with Gasteiger partial charge in [0.05, 0.1) is 10.2 Å². The first kappa shape index (κ1) is 22.3. The quantitative estimate of drug-likeness (QED) is 0.214. The highest BCUT2D eigenvalue weighted by Gasteiger charge is 2.21. The predicted octanol–water partition coefficient (Wildman–Crippen LogP) is 5.96. The molecule has 0 bridgehead atoms. The van der Waals surface area contributed by atoms with E-state index < -0.39 is 11.7 Å². The Morgan fingerprint density at radius 2 is 1.97 bits per heavy atom. The number of hydrogen-bond acceptors (Lipinski definition) is 8. The number of nitrogens with zero attached hydrogens (tertiary/aromatic N) is 5. The number of benzene rings is 2. The molecule has 34 heavy (non-hydrogen) atoms. The molecule has 12 heteroatoms. The van der Waals surface area contributed by atoms with Crippen LogP contribution in [-0.4, -0.2) is 36.9 Å². The molecule has 0 saturated heterocycles. The molecule has 1 N–H and O–H groups in total. The van der Waals surface area contributed by atoms with Crippen molar-refractivity contribution in [3.63, 3.8) is 0 Å². The summed E-state index contributed by atoms with van der Waals surface area (Å²) in [6.45, 7) is 0. The molecule has 0 spiro atoms. The second-order valence-corrected chi connectivity index (χ2v) is 9.88. The van der Waals surface area contributed by atoms with Gasteiger partial charge in [-0.25, -0.2) is 4.98 Å². The Kier molecular flexibility index (Phi) is 6.43. The average Bonchev–Trinajstić information content (AvgIpc) is 3.58. The van der Waals surface area contributed by atoms with E-state index in [2.05, 4.69) is 25.8 Å². The maximum absolute atomic E-state index is 13.4. The van der Waals surface area contributed by atoms with Crippen molar-refractivity contribution in [2.24, 2.45) is 0 Å². The smallest absolute Gasteiger partial charge is 0.288 e. The Morgan fingerprint density at radius 1 is 1.12 bits per heavy atom. The lowest BCUT2D eigenvalue weighted by Crippen LogP contribution is -2.19. The number of hydrogen-bond donors (Lipinski definition) is 1. The molecule has 0 atom stereocenters. The number of thioether (sulfide) groups is 1. The monoisotopic (exact) mass is 512 g/mol. The molecule has 5 aromatic rings. The van der Waals surface area contributed by atoms with Crippen LogP contribution < -0.4 is 5.32 Å². The lowest BCUT2D eigenvalue weighted by Gasteiger charge is -2.09. The molecule has 7 nitrogen and oxygen atoms in total. The van der Waals surface area contributed by atoms with E-state index in [4.69, 9.17) is 0 Å². The highest BCUT2D eigenvalue weighted by molar-refractivity contribution is 7.99. The van der Waals surface area contributed by atoms with Gasteiger partial charge in [0, 0.05) is 15.3 Å². The Morgan fingerprint density at radius 3 is 2.74 bits per heavy atom. The molecule has 0 aliphatic rings. The minimum absolute atomic E-state index is 0.208. The normalized spacial score (nSPS) is 11.9. The first-order valence-corrected chi connectivity index (χ1v) is 12.4. The van der Waals surface area contributed by atoms with Gasteiger partial charge in [-0.2, -0.15) is 13.5 Å². The van der Waals surface area contributed by atoms with Crippen LogP contribution in [0.15, 0.2) is 70.9 Å². The molecule has 3 heterocycles. The SMILES string of the molecule is O=C(Nc1nc2ccc(SC(F)F)cc2s1)C(=Cc1cccs1)n1nnnc1-c1ccccc1. The van der Waals surface area contributed by atoms with E-state index in [1.807, 2.05) is 47.8 Å². The van der Waals surface area contributed by atoms with E-state index in [0.29, 0.717) is 37.8 Å². The van der Waals surface area contributed by atoms with Crippen molar-refractivity contribution in [3.05, 3.63) is 70.9 Å². The van der Waals surface area contributed by atoms with Gasteiger partial charge in [-0.1, -0.05) is 59.5 Å². The minimum atomic E-state index is -2.51. The third-order valence-electron chi connectivity index (χ3n) is 4.59. The maximum Gasteiger partial charge on any atom is 0.288 e. The molecule has 0 unspecified atom stereocenters. The summed E-state index contributed by atoms with van der Waals surface area (Å²) in [7, 11) is 0. The number of anilines is 1. The molecule has 3 aromatic heterocycles. The summed E-state index contributed by atoms with van der Waals surface area (Å²) < 4.78 is 27.5. The number of rotatable bonds is 7. The maximum atomic E-state index is 13.4. The van der Waals surface area contributed by atoms with Crippen molar-refractivity contribution in [2.45, 2.75) is 10.7 Å². The molecule has 0 radical (unpaired) electrons. The number of carbonyl (C=O) groups excluding carboxylic acids is 1. The number of halogens is 2. The molecule has 5 rings (SSSR count). The van der Waals surface area contributed by atoms with Crippen LogP contribution in [0.4, 0.5) is 13.9 Å². The summed E-state index contributed by atoms with van der Waals surface area (Å²) >= 11 is 3.14. The summed E-state index contributed by atoms with van der Waals surface area (Å²) in [4.78, 5) is 19.1. The van der Waals surface area contributed by atoms with Gasteiger partial charge >= 0.3 is 0 Å². The molecule has 0 aliphatic carbocycles. The van der Waals surface area contributed by atoms with Gasteiger partial charge in [0.2, 0.25) is 0 Å². The first-order chi connectivity index (χ1) is 16.6. The lowest BCUT2D eigenvalue weighted by atomic mass is 10.2. The molecule has 1 amide bonds. The van der Waals surface area contributed by atoms with E-state index in [1.165, 1.54) is 27.4 Å². The highest BCUT2D eigenvalue weighted by atomic mass is 32.2. The van der Waals surface area contributed by atoms with E-state index in [-0.39, 0.29) is 5.70 Å². The summed E-state index contributed by atoms with van der Waals surface area (Å²) in [5, 5.41) is 17.0. The van der Waals surface area contributed by atoms with Crippen LogP contribution in [0.3, 0.4) is 0 Å². The van der Waals surface area contributed by atoms with Crippen LogP contribution in [0.2, 0.25) is 0 Å². The molecular weight excluding hydrogens is 498 g/mol. The fourth-order valence-corrected chi connectivity index (χ4v) is 5.31. The molecule has 170 valence electrons. The second kappa shape index (κ2) is 9.79. The third-order valence-corrected chi connectivity index (χ3v) is 7.05. The summed E-state index contributed by atoms with van der Waals surface area (Å²) in [6.07, 6.45) is 1.70. The number of thiophene rings is 1. The third kappa shape index (κ3) is 4.88. The van der Waals surface area contributed by atoms with E-state index in [0.717, 1.165) is 10.4 Å². The molecule has 0 fully saturated rings. The van der Waals surface area contributed by atoms with Gasteiger partial charge in [0.25, 0.3) is 11.7 Å². The zero-order chi connectivity index (χ0) is 23.5. The van der Waals surface area contributed by atoms with Gasteiger partial charge in [0.15, 0.2) is 11.0 Å². The zero-order valence-electron chi connectivity index (χ0n) is 17.1. The lowest BCUT2D eigenvalue weighted by molar-refractivity contribution is -0.111. The van der Waals surface area contributed by atoms with Crippen LogP contribution in [0.5, 0.6) is 0 Å². The van der Waals surface area contributed by atoms with Gasteiger partial charge in [-0.15, -0.1) is 16.4 Å². The summed E-state index contributed by atoms with van der Waals surface area (Å²) in [5.41, 5.74) is 1.57. The van der Waals surface area contributed by atoms with Crippen molar-refractivity contribution >= 4 is 67.5 Å². The van der Waals surface area contributed by atoms with Crippen molar-refractivity contribution in [1.82, 2.24) is 25.2 Å². The van der Waals surface area contributed by atoms with Crippen LogP contribution in [0.1, 0.15) is 4.88 Å². The number of nitrogens with one attached hydrogen (secondary N) is 1. The van der Waals surface area contributed by atoms with Crippen LogP contribution in [0, 0.1) is 0 Å². The standard InChI is InChI=1S/C22H14F2N6OS3/c23-21(24)33-15-8-9-16-18(12-15)34-22(25-16)26-20(31)17(11-14-7-4-10-32-14)30-19(27-28-29-30)13-5-2-1-3-6-13/h1-12,21H,(H,25,26,31). The minimum Gasteiger partial charge on any atom is -0.296 e. The molecule has 0 saturated carbocycles. The van der Waals surface area contributed by atoms with Crippen molar-refractivity contribution in [1.29, 1.82) is 0 Å². The average molecular weight is 513 g/mol. The van der Waals surface area contributed by atoms with E-state index in [1.54, 1.807) is 24.3 Å². The van der Waals surface area contributed by atoms with Crippen LogP contribution >= 0.6 is 34.4 Å². The summed E-state index contributed by atoms with van der Waals surface area (Å²) in [6, 6.07) is 17.9. The Labute approximate surface area is 204 Å². The molecule has 2 aromatic carbocycles. The fraction of sp³-hybridized carbons (Fsp3) is 0.0455. The first-order valence-electron chi connectivity index (χ1n) is 9.83. The van der Waals surface area contributed by atoms with Gasteiger partial charge in [-0.3, -0.25) is 10.1 Å². The highest BCUT2D eigenvalue weighted by Crippen LogP contribution is 2.33. The van der Waals surface area contributed by atoms with Gasteiger partial charge in [-0.05, 0) is 46.1 Å². The Balaban J connectivity index is 1.49. The number of thiazole rings is 1. The van der Waals surface area contributed by atoms with Crippen LogP contribution in [0.25, 0.3) is 33.4 Å². The van der Waals surface area contributed by atoms with Crippen molar-refractivity contribution in [3.8, 4) is 11.4 Å². The van der Waals surface area contributed by atoms with Gasteiger partial charge in [0.1, 0.15) is 5.70 Å². The summed E-state index contributed by atoms with van der Waals surface area (Å²) in [5.74, 6) is -2.56. The van der Waals surface area contributed by atoms with Crippen molar-refractivity contribution < 1.29 is 13.6 Å². The number of alkyl halides is 2. The topological polar surface area (TPSA) is 85.6 Å². The van der Waals surface area contributed by atoms with E-state index >= 15 is 0 Å². The largest absolute Gasteiger partial charge is 0.296 e. The molecule has 0 aliphatic heterocycles. The number of aromatic nitrogens is 5.